The number of hydrazone groups is 1. The monoisotopic (exact) mass is 163 g/mol. The summed E-state index contributed by atoms with van der Waals surface area (Å²) in [7, 11) is 1.48. The number of rotatable bonds is 0. The largest absolute Gasteiger partial charge is 1.00 e. The van der Waals surface area contributed by atoms with E-state index < -0.39 is 5.91 Å². The summed E-state index contributed by atoms with van der Waals surface area (Å²) in [5.74, 6) is -0.437. The molecule has 5 nitrogen and oxygen atoms in total. The third kappa shape index (κ3) is 1.79. The topological polar surface area (TPSA) is 68.1 Å². The van der Waals surface area contributed by atoms with Crippen molar-refractivity contribution in [3.05, 3.63) is 5.21 Å². The van der Waals surface area contributed by atoms with Crippen molar-refractivity contribution in [3.8, 4) is 0 Å². The van der Waals surface area contributed by atoms with Crippen LogP contribution in [0.2, 0.25) is 0 Å². The number of hydrogen-bond donors (Lipinski definition) is 0. The molecule has 0 saturated heterocycles. The van der Waals surface area contributed by atoms with E-state index in [1.165, 1.54) is 7.05 Å². The Morgan fingerprint density at radius 2 is 2.18 bits per heavy atom. The molecular weight excluding hydrogens is 157 g/mol. The van der Waals surface area contributed by atoms with Crippen LogP contribution in [0.3, 0.4) is 0 Å². The summed E-state index contributed by atoms with van der Waals surface area (Å²) in [6, 6.07) is 0. The fraction of sp³-hybridized carbons (Fsp3) is 0.400. The molecule has 54 valence electrons. The SMILES string of the molecule is CC1=NN(C)C(=O)/C1=N\[O-].[Na+]. The first kappa shape index (κ1) is 10.6. The van der Waals surface area contributed by atoms with Gasteiger partial charge in [0.05, 0.1) is 5.71 Å². The normalized spacial score (nSPS) is 20.2. The van der Waals surface area contributed by atoms with E-state index in [9.17, 15) is 10.0 Å². The first-order chi connectivity index (χ1) is 4.66. The van der Waals surface area contributed by atoms with Crippen molar-refractivity contribution in [2.24, 2.45) is 10.3 Å². The Kier molecular flexibility index (Phi) is 3.71. The second-order valence-electron chi connectivity index (χ2n) is 1.95. The molecule has 0 bridgehead atoms. The summed E-state index contributed by atoms with van der Waals surface area (Å²) < 4.78 is 0. The zero-order valence-electron chi connectivity index (χ0n) is 6.66. The van der Waals surface area contributed by atoms with Gasteiger partial charge in [-0.1, -0.05) is 0 Å². The second-order valence-corrected chi connectivity index (χ2v) is 1.95. The minimum absolute atomic E-state index is 0. The van der Waals surface area contributed by atoms with Gasteiger partial charge in [0.15, 0.2) is 0 Å². The van der Waals surface area contributed by atoms with Crippen LogP contribution in [0.15, 0.2) is 10.3 Å². The summed E-state index contributed by atoms with van der Waals surface area (Å²) in [5, 5.41) is 17.3. The summed E-state index contributed by atoms with van der Waals surface area (Å²) in [5.41, 5.74) is 0.282. The van der Waals surface area contributed by atoms with Gasteiger partial charge in [-0.3, -0.25) is 4.79 Å². The standard InChI is InChI=1S/C5H7N3O2.Na/c1-3-4(7-10)5(9)8(2)6-3;/h10H,1-2H3;/q;+1/p-1/b7-4-;. The van der Waals surface area contributed by atoms with E-state index in [0.29, 0.717) is 5.71 Å². The Labute approximate surface area is 86.0 Å². The van der Waals surface area contributed by atoms with Crippen LogP contribution in [-0.2, 0) is 4.79 Å². The van der Waals surface area contributed by atoms with Gasteiger partial charge in [0.25, 0.3) is 5.91 Å². The van der Waals surface area contributed by atoms with Crippen molar-refractivity contribution in [2.45, 2.75) is 6.92 Å². The molecule has 0 aromatic rings. The maximum absolute atomic E-state index is 10.8. The van der Waals surface area contributed by atoms with E-state index >= 15 is 0 Å². The molecule has 0 aromatic carbocycles. The fourth-order valence-corrected chi connectivity index (χ4v) is 0.731. The van der Waals surface area contributed by atoms with Gasteiger partial charge in [0.2, 0.25) is 0 Å². The van der Waals surface area contributed by atoms with Crippen LogP contribution in [0.4, 0.5) is 0 Å². The minimum atomic E-state index is -0.437. The van der Waals surface area contributed by atoms with E-state index in [4.69, 9.17) is 0 Å². The molecule has 0 spiro atoms. The van der Waals surface area contributed by atoms with Crippen LogP contribution in [0.5, 0.6) is 0 Å². The third-order valence-electron chi connectivity index (χ3n) is 1.23. The molecule has 1 amide bonds. The first-order valence-electron chi connectivity index (χ1n) is 2.70. The van der Waals surface area contributed by atoms with Gasteiger partial charge in [-0.25, -0.2) is 5.01 Å². The van der Waals surface area contributed by atoms with E-state index in [1.807, 2.05) is 0 Å². The third-order valence-corrected chi connectivity index (χ3v) is 1.23. The van der Waals surface area contributed by atoms with Crippen molar-refractivity contribution in [3.63, 3.8) is 0 Å². The Balaban J connectivity index is 0.000001000. The summed E-state index contributed by atoms with van der Waals surface area (Å²) in [6.45, 7) is 1.57. The zero-order valence-corrected chi connectivity index (χ0v) is 8.66. The predicted molar refractivity (Wildman–Crippen MR) is 36.7 cm³/mol. The molecule has 6 heteroatoms. The number of carbonyl (C=O) groups is 1. The second kappa shape index (κ2) is 3.85. The quantitative estimate of drug-likeness (QED) is 0.278. The summed E-state index contributed by atoms with van der Waals surface area (Å²) >= 11 is 0. The van der Waals surface area contributed by atoms with Crippen molar-refractivity contribution in [2.75, 3.05) is 7.05 Å². The molecule has 1 aliphatic heterocycles. The average molecular weight is 163 g/mol. The van der Waals surface area contributed by atoms with E-state index in [0.717, 1.165) is 5.01 Å². The number of nitrogens with zero attached hydrogens (tertiary/aromatic N) is 3. The van der Waals surface area contributed by atoms with Crippen LogP contribution >= 0.6 is 0 Å². The van der Waals surface area contributed by atoms with E-state index in [-0.39, 0.29) is 35.3 Å². The summed E-state index contributed by atoms with van der Waals surface area (Å²) in [4.78, 5) is 10.8. The molecule has 0 aromatic heterocycles. The molecule has 0 unspecified atom stereocenters. The molecule has 0 fully saturated rings. The van der Waals surface area contributed by atoms with Crippen LogP contribution in [0.1, 0.15) is 6.92 Å². The van der Waals surface area contributed by atoms with Gasteiger partial charge >= 0.3 is 29.6 Å². The molecule has 0 aliphatic carbocycles. The van der Waals surface area contributed by atoms with Crippen molar-refractivity contribution in [1.29, 1.82) is 0 Å². The average Bonchev–Trinajstić information content (AvgIpc) is 2.09. The van der Waals surface area contributed by atoms with Crippen molar-refractivity contribution < 1.29 is 34.4 Å². The molecular formula is C5H6N3NaO2. The molecule has 0 atom stereocenters. The minimum Gasteiger partial charge on any atom is -0.791 e. The Morgan fingerprint density at radius 1 is 1.64 bits per heavy atom. The van der Waals surface area contributed by atoms with Gasteiger partial charge in [0.1, 0.15) is 5.71 Å². The predicted octanol–water partition coefficient (Wildman–Crippen LogP) is -3.22. The maximum Gasteiger partial charge on any atom is 1.00 e. The van der Waals surface area contributed by atoms with E-state index in [1.54, 1.807) is 6.92 Å². The molecule has 0 radical (unpaired) electrons. The number of amides is 1. The van der Waals surface area contributed by atoms with E-state index in [2.05, 4.69) is 10.3 Å². The Bertz CT molecular complexity index is 236. The summed E-state index contributed by atoms with van der Waals surface area (Å²) in [6.07, 6.45) is 0. The fourth-order valence-electron chi connectivity index (χ4n) is 0.731. The van der Waals surface area contributed by atoms with Gasteiger partial charge in [-0.15, -0.1) is 0 Å². The van der Waals surface area contributed by atoms with Crippen LogP contribution in [0, 0.1) is 5.21 Å². The number of hydrogen-bond acceptors (Lipinski definition) is 4. The molecule has 0 N–H and O–H groups in total. The van der Waals surface area contributed by atoms with Gasteiger partial charge < -0.3 is 10.4 Å². The molecule has 1 heterocycles. The van der Waals surface area contributed by atoms with Crippen molar-refractivity contribution >= 4 is 17.3 Å². The van der Waals surface area contributed by atoms with Gasteiger partial charge in [0, 0.05) is 7.05 Å². The Morgan fingerprint density at radius 3 is 2.36 bits per heavy atom. The number of carbonyl (C=O) groups excluding carboxylic acids is 1. The maximum atomic E-state index is 10.8. The van der Waals surface area contributed by atoms with Crippen LogP contribution < -0.4 is 29.6 Å². The van der Waals surface area contributed by atoms with Gasteiger partial charge in [-0.05, 0) is 6.92 Å². The van der Waals surface area contributed by atoms with Gasteiger partial charge in [-0.2, -0.15) is 5.10 Å². The van der Waals surface area contributed by atoms with Crippen molar-refractivity contribution in [1.82, 2.24) is 5.01 Å². The smallest absolute Gasteiger partial charge is 0.791 e. The first-order valence-corrected chi connectivity index (χ1v) is 2.70. The molecule has 11 heavy (non-hydrogen) atoms. The molecule has 0 saturated carbocycles. The Hall–Kier alpha value is -0.390. The zero-order chi connectivity index (χ0) is 7.72. The van der Waals surface area contributed by atoms with Crippen LogP contribution in [-0.4, -0.2) is 29.4 Å². The molecule has 1 aliphatic rings. The van der Waals surface area contributed by atoms with Crippen LogP contribution in [0.25, 0.3) is 0 Å². The molecule has 1 rings (SSSR count).